The number of hydrogen-bond donors (Lipinski definition) is 2. The molecule has 94 valence electrons. The van der Waals surface area contributed by atoms with Crippen LogP contribution in [0.4, 0.5) is 0 Å². The van der Waals surface area contributed by atoms with Crippen molar-refractivity contribution in [2.45, 2.75) is 13.5 Å². The van der Waals surface area contributed by atoms with E-state index in [1.807, 2.05) is 6.92 Å². The lowest BCUT2D eigenvalue weighted by molar-refractivity contribution is -0.117. The van der Waals surface area contributed by atoms with Crippen molar-refractivity contribution in [3.63, 3.8) is 0 Å². The Balaban J connectivity index is 2.01. The van der Waals surface area contributed by atoms with Gasteiger partial charge in [-0.15, -0.1) is 0 Å². The number of primary amides is 1. The van der Waals surface area contributed by atoms with Crippen LogP contribution in [0.5, 0.6) is 0 Å². The summed E-state index contributed by atoms with van der Waals surface area (Å²) < 4.78 is 4.98. The second kappa shape index (κ2) is 5.32. The molecule has 2 aromatic rings. The van der Waals surface area contributed by atoms with Gasteiger partial charge in [-0.3, -0.25) is 10.1 Å². The summed E-state index contributed by atoms with van der Waals surface area (Å²) in [5.41, 5.74) is 5.93. The monoisotopic (exact) mass is 248 g/mol. The first-order valence-corrected chi connectivity index (χ1v) is 5.26. The van der Waals surface area contributed by atoms with Crippen molar-refractivity contribution in [1.29, 1.82) is 0 Å². The number of nitrogens with two attached hydrogens (primary N) is 1. The maximum absolute atomic E-state index is 10.5. The van der Waals surface area contributed by atoms with Gasteiger partial charge in [0.2, 0.25) is 23.4 Å². The summed E-state index contributed by atoms with van der Waals surface area (Å²) >= 11 is 0. The highest BCUT2D eigenvalue weighted by molar-refractivity contribution is 5.75. The Hall–Kier alpha value is -2.35. The van der Waals surface area contributed by atoms with Crippen LogP contribution in [0.25, 0.3) is 11.6 Å². The van der Waals surface area contributed by atoms with Crippen molar-refractivity contribution >= 4 is 5.91 Å². The summed E-state index contributed by atoms with van der Waals surface area (Å²) in [4.78, 5) is 22.8. The highest BCUT2D eigenvalue weighted by atomic mass is 16.5. The maximum atomic E-state index is 10.5. The van der Waals surface area contributed by atoms with Crippen molar-refractivity contribution in [2.75, 3.05) is 6.54 Å². The van der Waals surface area contributed by atoms with Gasteiger partial charge in [0.05, 0.1) is 13.1 Å². The van der Waals surface area contributed by atoms with E-state index in [0.29, 0.717) is 17.5 Å². The van der Waals surface area contributed by atoms with E-state index >= 15 is 0 Å². The van der Waals surface area contributed by atoms with Crippen LogP contribution in [-0.2, 0) is 11.3 Å². The molecular weight excluding hydrogens is 236 g/mol. The van der Waals surface area contributed by atoms with Gasteiger partial charge in [-0.2, -0.15) is 4.98 Å². The first kappa shape index (κ1) is 12.1. The number of amides is 1. The van der Waals surface area contributed by atoms with Crippen LogP contribution in [0.15, 0.2) is 16.9 Å². The molecule has 2 aromatic heterocycles. The van der Waals surface area contributed by atoms with Crippen LogP contribution in [-0.4, -0.2) is 32.6 Å². The van der Waals surface area contributed by atoms with Crippen LogP contribution >= 0.6 is 0 Å². The van der Waals surface area contributed by atoms with E-state index in [1.54, 1.807) is 12.4 Å². The minimum absolute atomic E-state index is 0.0543. The van der Waals surface area contributed by atoms with Crippen LogP contribution in [0.2, 0.25) is 0 Å². The predicted octanol–water partition coefficient (Wildman–Crippen LogP) is -0.590. The molecule has 0 saturated carbocycles. The quantitative estimate of drug-likeness (QED) is 0.725. The SMILES string of the molecule is Cc1cnc(-c2noc(CNCC(N)=O)n2)nc1. The molecule has 18 heavy (non-hydrogen) atoms. The third kappa shape index (κ3) is 3.08. The Morgan fingerprint density at radius 2 is 2.11 bits per heavy atom. The molecule has 0 atom stereocenters. The second-order valence-corrected chi connectivity index (χ2v) is 3.67. The van der Waals surface area contributed by atoms with Crippen molar-refractivity contribution in [3.8, 4) is 11.6 Å². The van der Waals surface area contributed by atoms with Crippen molar-refractivity contribution in [3.05, 3.63) is 23.8 Å². The van der Waals surface area contributed by atoms with E-state index in [1.165, 1.54) is 0 Å². The molecule has 0 aliphatic carbocycles. The number of carbonyl (C=O) groups excluding carboxylic acids is 1. The number of nitrogens with zero attached hydrogens (tertiary/aromatic N) is 4. The molecule has 0 aliphatic rings. The first-order valence-electron chi connectivity index (χ1n) is 5.26. The van der Waals surface area contributed by atoms with Crippen molar-refractivity contribution in [1.82, 2.24) is 25.4 Å². The van der Waals surface area contributed by atoms with E-state index < -0.39 is 5.91 Å². The molecule has 0 aromatic carbocycles. The largest absolute Gasteiger partial charge is 0.369 e. The number of hydrogen-bond acceptors (Lipinski definition) is 7. The van der Waals surface area contributed by atoms with Gasteiger partial charge < -0.3 is 10.3 Å². The summed E-state index contributed by atoms with van der Waals surface area (Å²) in [6.07, 6.45) is 3.34. The summed E-state index contributed by atoms with van der Waals surface area (Å²) in [7, 11) is 0. The molecule has 2 heterocycles. The lowest BCUT2D eigenvalue weighted by Gasteiger charge is -1.95. The Morgan fingerprint density at radius 1 is 1.39 bits per heavy atom. The Bertz CT molecular complexity index is 536. The highest BCUT2D eigenvalue weighted by Gasteiger charge is 2.10. The van der Waals surface area contributed by atoms with E-state index in [9.17, 15) is 4.79 Å². The molecule has 8 heteroatoms. The minimum Gasteiger partial charge on any atom is -0.369 e. The summed E-state index contributed by atoms with van der Waals surface area (Å²) in [5, 5.41) is 6.51. The van der Waals surface area contributed by atoms with Crippen LogP contribution in [0.1, 0.15) is 11.5 Å². The van der Waals surface area contributed by atoms with Gasteiger partial charge in [-0.1, -0.05) is 5.16 Å². The molecule has 0 aliphatic heterocycles. The zero-order valence-electron chi connectivity index (χ0n) is 9.75. The minimum atomic E-state index is -0.448. The standard InChI is InChI=1S/C10H12N6O2/c1-6-2-13-9(14-3-6)10-15-8(18-16-10)5-12-4-7(11)17/h2-3,12H,4-5H2,1H3,(H2,11,17). The van der Waals surface area contributed by atoms with Gasteiger partial charge in [-0.05, 0) is 12.5 Å². The molecular formula is C10H12N6O2. The topological polar surface area (TPSA) is 120 Å². The Morgan fingerprint density at radius 3 is 2.78 bits per heavy atom. The van der Waals surface area contributed by atoms with E-state index in [-0.39, 0.29) is 13.1 Å². The number of carbonyl (C=O) groups is 1. The summed E-state index contributed by atoms with van der Waals surface area (Å²) in [6.45, 7) is 2.21. The van der Waals surface area contributed by atoms with Crippen LogP contribution < -0.4 is 11.1 Å². The third-order valence-electron chi connectivity index (χ3n) is 2.02. The molecule has 0 unspecified atom stereocenters. The first-order chi connectivity index (χ1) is 8.65. The van der Waals surface area contributed by atoms with Gasteiger partial charge in [0.1, 0.15) is 0 Å². The Kier molecular flexibility index (Phi) is 3.58. The van der Waals surface area contributed by atoms with Crippen LogP contribution in [0, 0.1) is 6.92 Å². The van der Waals surface area contributed by atoms with E-state index in [2.05, 4.69) is 25.4 Å². The van der Waals surface area contributed by atoms with E-state index in [4.69, 9.17) is 10.3 Å². The lowest BCUT2D eigenvalue weighted by Crippen LogP contribution is -2.28. The molecule has 1 amide bonds. The summed E-state index contributed by atoms with van der Waals surface area (Å²) in [5.74, 6) is 0.600. The molecule has 0 spiro atoms. The van der Waals surface area contributed by atoms with Crippen LogP contribution in [0.3, 0.4) is 0 Å². The molecule has 0 fully saturated rings. The fourth-order valence-electron chi connectivity index (χ4n) is 1.22. The maximum Gasteiger partial charge on any atom is 0.241 e. The average Bonchev–Trinajstić information content (AvgIpc) is 2.78. The zero-order valence-corrected chi connectivity index (χ0v) is 9.75. The summed E-state index contributed by atoms with van der Waals surface area (Å²) in [6, 6.07) is 0. The number of rotatable bonds is 5. The highest BCUT2D eigenvalue weighted by Crippen LogP contribution is 2.09. The van der Waals surface area contributed by atoms with Gasteiger partial charge in [0.15, 0.2) is 0 Å². The van der Waals surface area contributed by atoms with Gasteiger partial charge in [0.25, 0.3) is 0 Å². The number of aromatic nitrogens is 4. The fourth-order valence-corrected chi connectivity index (χ4v) is 1.22. The number of aryl methyl sites for hydroxylation is 1. The van der Waals surface area contributed by atoms with Gasteiger partial charge >= 0.3 is 0 Å². The smallest absolute Gasteiger partial charge is 0.241 e. The third-order valence-corrected chi connectivity index (χ3v) is 2.02. The van der Waals surface area contributed by atoms with Crippen molar-refractivity contribution in [2.24, 2.45) is 5.73 Å². The Labute approximate surface area is 103 Å². The fraction of sp³-hybridized carbons (Fsp3) is 0.300. The second-order valence-electron chi connectivity index (χ2n) is 3.67. The average molecular weight is 248 g/mol. The van der Waals surface area contributed by atoms with E-state index in [0.717, 1.165) is 5.56 Å². The van der Waals surface area contributed by atoms with Gasteiger partial charge in [-0.25, -0.2) is 9.97 Å². The molecule has 0 radical (unpaired) electrons. The molecule has 0 bridgehead atoms. The molecule has 3 N–H and O–H groups in total. The zero-order chi connectivity index (χ0) is 13.0. The molecule has 2 rings (SSSR count). The molecule has 8 nitrogen and oxygen atoms in total. The predicted molar refractivity (Wildman–Crippen MR) is 61.0 cm³/mol. The number of nitrogens with one attached hydrogen (secondary N) is 1. The van der Waals surface area contributed by atoms with Gasteiger partial charge in [0, 0.05) is 12.4 Å². The molecule has 0 saturated heterocycles. The normalized spacial score (nSPS) is 10.5. The van der Waals surface area contributed by atoms with Crippen molar-refractivity contribution < 1.29 is 9.32 Å². The lowest BCUT2D eigenvalue weighted by atomic mass is 10.4.